The van der Waals surface area contributed by atoms with Gasteiger partial charge >= 0.3 is 0 Å². The van der Waals surface area contributed by atoms with E-state index in [1.54, 1.807) is 0 Å². The van der Waals surface area contributed by atoms with E-state index >= 15 is 0 Å². The molecule has 0 saturated carbocycles. The Hall–Kier alpha value is -7.22. The fraction of sp³-hybridized carbons (Fsp3) is 0.0182. The van der Waals surface area contributed by atoms with Gasteiger partial charge in [-0.25, -0.2) is 0 Å². The quantitative estimate of drug-likeness (QED) is 0.164. The molecular formula is C55H35N. The van der Waals surface area contributed by atoms with Gasteiger partial charge in [0.1, 0.15) is 0 Å². The summed E-state index contributed by atoms with van der Waals surface area (Å²) < 4.78 is 0. The molecule has 2 aliphatic rings. The Bertz CT molecular complexity index is 3130. The van der Waals surface area contributed by atoms with Gasteiger partial charge < -0.3 is 4.90 Å². The lowest BCUT2D eigenvalue weighted by molar-refractivity contribution is 0.802. The molecule has 10 aromatic carbocycles. The van der Waals surface area contributed by atoms with Crippen LogP contribution >= 0.6 is 0 Å². The molecule has 56 heavy (non-hydrogen) atoms. The van der Waals surface area contributed by atoms with Crippen molar-refractivity contribution in [3.8, 4) is 33.4 Å². The Morgan fingerprint density at radius 1 is 0.304 bits per heavy atom. The Kier molecular flexibility index (Phi) is 6.62. The average Bonchev–Trinajstić information content (AvgIpc) is 3.76. The van der Waals surface area contributed by atoms with Crippen LogP contribution in [0.1, 0.15) is 22.3 Å². The third-order valence-corrected chi connectivity index (χ3v) is 12.4. The second kappa shape index (κ2) is 11.9. The van der Waals surface area contributed by atoms with Crippen molar-refractivity contribution in [1.82, 2.24) is 0 Å². The van der Waals surface area contributed by atoms with Crippen molar-refractivity contribution in [3.63, 3.8) is 0 Å². The van der Waals surface area contributed by atoms with Crippen LogP contribution < -0.4 is 4.90 Å². The number of anilines is 3. The van der Waals surface area contributed by atoms with Crippen molar-refractivity contribution in [2.45, 2.75) is 5.41 Å². The van der Waals surface area contributed by atoms with Crippen molar-refractivity contribution in [2.75, 3.05) is 4.90 Å². The van der Waals surface area contributed by atoms with Gasteiger partial charge in [-0.1, -0.05) is 182 Å². The molecule has 1 spiro atoms. The van der Waals surface area contributed by atoms with Gasteiger partial charge in [0.2, 0.25) is 0 Å². The fourth-order valence-corrected chi connectivity index (χ4v) is 10.3. The normalized spacial score (nSPS) is 13.1. The van der Waals surface area contributed by atoms with Gasteiger partial charge in [-0.3, -0.25) is 0 Å². The zero-order valence-electron chi connectivity index (χ0n) is 30.7. The van der Waals surface area contributed by atoms with Crippen molar-refractivity contribution >= 4 is 49.4 Å². The van der Waals surface area contributed by atoms with Gasteiger partial charge in [0.05, 0.1) is 11.1 Å². The minimum atomic E-state index is -0.542. The Labute approximate surface area is 326 Å². The van der Waals surface area contributed by atoms with Crippen molar-refractivity contribution in [3.05, 3.63) is 235 Å². The lowest BCUT2D eigenvalue weighted by Gasteiger charge is -2.33. The maximum atomic E-state index is 2.55. The molecule has 0 fully saturated rings. The third kappa shape index (κ3) is 4.15. The molecule has 0 saturated heterocycles. The third-order valence-electron chi connectivity index (χ3n) is 12.4. The SMILES string of the molecule is c1ccc(-c2ccc(N(c3ccccc3)c3cc4c(c5ccccc35)-c3c(c5ccccc5c5ccccc35)C43c4ccccc4-c4ccccc43)cc2)cc1. The van der Waals surface area contributed by atoms with E-state index in [9.17, 15) is 0 Å². The zero-order chi connectivity index (χ0) is 36.8. The molecule has 0 amide bonds. The van der Waals surface area contributed by atoms with Crippen LogP contribution in [0, 0.1) is 0 Å². The summed E-state index contributed by atoms with van der Waals surface area (Å²) in [5.41, 5.74) is 16.0. The molecule has 1 heteroatoms. The molecule has 0 N–H and O–H groups in total. The molecule has 0 atom stereocenters. The molecule has 0 unspecified atom stereocenters. The van der Waals surface area contributed by atoms with E-state index in [2.05, 4.69) is 217 Å². The Morgan fingerprint density at radius 3 is 1.39 bits per heavy atom. The summed E-state index contributed by atoms with van der Waals surface area (Å²) in [6.45, 7) is 0. The summed E-state index contributed by atoms with van der Waals surface area (Å²) in [4.78, 5) is 2.47. The van der Waals surface area contributed by atoms with Crippen LogP contribution in [0.3, 0.4) is 0 Å². The first-order valence-electron chi connectivity index (χ1n) is 19.5. The van der Waals surface area contributed by atoms with Crippen LogP contribution in [0.15, 0.2) is 212 Å². The summed E-state index contributed by atoms with van der Waals surface area (Å²) >= 11 is 0. The first kappa shape index (κ1) is 31.2. The van der Waals surface area contributed by atoms with Gasteiger partial charge in [-0.05, 0) is 113 Å². The summed E-state index contributed by atoms with van der Waals surface area (Å²) in [6, 6.07) is 78.7. The molecule has 0 radical (unpaired) electrons. The first-order chi connectivity index (χ1) is 27.8. The molecular weight excluding hydrogens is 675 g/mol. The lowest BCUT2D eigenvalue weighted by Crippen LogP contribution is -2.26. The molecule has 0 aliphatic heterocycles. The second-order valence-corrected chi connectivity index (χ2v) is 15.1. The highest BCUT2D eigenvalue weighted by atomic mass is 15.1. The molecule has 0 heterocycles. The van der Waals surface area contributed by atoms with Crippen LogP contribution in [0.2, 0.25) is 0 Å². The Balaban J connectivity index is 1.25. The largest absolute Gasteiger partial charge is 0.310 e. The zero-order valence-corrected chi connectivity index (χ0v) is 30.7. The number of fused-ring (bicyclic) bond motifs is 17. The van der Waals surface area contributed by atoms with Gasteiger partial charge in [0.25, 0.3) is 0 Å². The molecule has 260 valence electrons. The van der Waals surface area contributed by atoms with E-state index in [0.717, 1.165) is 11.4 Å². The molecule has 1 nitrogen and oxygen atoms in total. The number of nitrogens with zero attached hydrogens (tertiary/aromatic N) is 1. The summed E-state index contributed by atoms with van der Waals surface area (Å²) in [7, 11) is 0. The smallest absolute Gasteiger partial charge is 0.0732 e. The predicted octanol–water partition coefficient (Wildman–Crippen LogP) is 14.6. The highest BCUT2D eigenvalue weighted by molar-refractivity contribution is 6.24. The number of benzene rings is 10. The van der Waals surface area contributed by atoms with E-state index in [1.165, 1.54) is 93.6 Å². The fourth-order valence-electron chi connectivity index (χ4n) is 10.3. The maximum Gasteiger partial charge on any atom is 0.0732 e. The summed E-state index contributed by atoms with van der Waals surface area (Å²) in [5.74, 6) is 0. The van der Waals surface area contributed by atoms with Gasteiger partial charge in [-0.2, -0.15) is 0 Å². The van der Waals surface area contributed by atoms with Crippen LogP contribution in [0.4, 0.5) is 17.1 Å². The molecule has 12 rings (SSSR count). The first-order valence-corrected chi connectivity index (χ1v) is 19.5. The summed E-state index contributed by atoms with van der Waals surface area (Å²) in [6.07, 6.45) is 0. The highest BCUT2D eigenvalue weighted by Gasteiger charge is 2.53. The van der Waals surface area contributed by atoms with Crippen molar-refractivity contribution in [1.29, 1.82) is 0 Å². The lowest BCUT2D eigenvalue weighted by atomic mass is 9.69. The maximum absolute atomic E-state index is 2.55. The average molecular weight is 710 g/mol. The second-order valence-electron chi connectivity index (χ2n) is 15.1. The number of hydrogen-bond donors (Lipinski definition) is 0. The van der Waals surface area contributed by atoms with Crippen molar-refractivity contribution in [2.24, 2.45) is 0 Å². The molecule has 0 bridgehead atoms. The van der Waals surface area contributed by atoms with Gasteiger partial charge in [-0.15, -0.1) is 0 Å². The van der Waals surface area contributed by atoms with Crippen LogP contribution in [0.25, 0.3) is 65.7 Å². The van der Waals surface area contributed by atoms with E-state index in [1.807, 2.05) is 0 Å². The number of para-hydroxylation sites is 1. The van der Waals surface area contributed by atoms with Crippen LogP contribution in [-0.2, 0) is 5.41 Å². The highest BCUT2D eigenvalue weighted by Crippen LogP contribution is 2.67. The van der Waals surface area contributed by atoms with Gasteiger partial charge in [0, 0.05) is 16.8 Å². The minimum Gasteiger partial charge on any atom is -0.310 e. The minimum absolute atomic E-state index is 0.542. The van der Waals surface area contributed by atoms with Crippen molar-refractivity contribution < 1.29 is 0 Å². The van der Waals surface area contributed by atoms with E-state index in [-0.39, 0.29) is 0 Å². The predicted molar refractivity (Wildman–Crippen MR) is 235 cm³/mol. The van der Waals surface area contributed by atoms with Crippen LogP contribution in [-0.4, -0.2) is 0 Å². The van der Waals surface area contributed by atoms with Crippen LogP contribution in [0.5, 0.6) is 0 Å². The van der Waals surface area contributed by atoms with E-state index in [4.69, 9.17) is 0 Å². The standard InChI is InChI=1S/C55H35N/c1-3-17-36(18-4-1)37-31-33-39(34-32-37)56(38-19-5-2-6-20-38)51-35-50-52(46-27-11-9-25-44(46)51)53-45-26-10-7-21-40(45)41-22-8-12-28-47(41)54(53)55(50)48-29-15-13-23-42(48)43-24-14-16-30-49(43)55/h1-35H. The number of rotatable bonds is 4. The monoisotopic (exact) mass is 709 g/mol. The summed E-state index contributed by atoms with van der Waals surface area (Å²) in [5, 5.41) is 7.69. The molecule has 0 aromatic heterocycles. The van der Waals surface area contributed by atoms with Gasteiger partial charge in [0.15, 0.2) is 0 Å². The number of hydrogen-bond acceptors (Lipinski definition) is 1. The topological polar surface area (TPSA) is 3.24 Å². The molecule has 2 aliphatic carbocycles. The molecule has 10 aromatic rings. The van der Waals surface area contributed by atoms with E-state index < -0.39 is 5.41 Å². The van der Waals surface area contributed by atoms with E-state index in [0.29, 0.717) is 0 Å². The Morgan fingerprint density at radius 2 is 0.750 bits per heavy atom.